The van der Waals surface area contributed by atoms with E-state index in [2.05, 4.69) is 0 Å². The van der Waals surface area contributed by atoms with Gasteiger partial charge in [-0.15, -0.1) is 0 Å². The minimum absolute atomic E-state index is 0.0150. The number of aliphatic hydroxyl groups is 1. The highest BCUT2D eigenvalue weighted by Crippen LogP contribution is 2.37. The van der Waals surface area contributed by atoms with Crippen LogP contribution in [0.4, 0.5) is 13.2 Å². The van der Waals surface area contributed by atoms with Crippen LogP contribution in [0.1, 0.15) is 6.42 Å². The third-order valence-corrected chi connectivity index (χ3v) is 4.89. The molecule has 0 radical (unpaired) electrons. The number of rotatable bonds is 4. The summed E-state index contributed by atoms with van der Waals surface area (Å²) in [5, 5.41) is 9.41. The number of hydrogen-bond donors (Lipinski definition) is 1. The number of halogens is 3. The Balaban J connectivity index is 2.55. The third kappa shape index (κ3) is 3.34. The maximum atomic E-state index is 12.5. The minimum atomic E-state index is -4.68. The molecule has 1 aliphatic heterocycles. The largest absolute Gasteiger partial charge is 0.418 e. The van der Waals surface area contributed by atoms with Crippen LogP contribution < -0.4 is 0 Å². The van der Waals surface area contributed by atoms with Crippen molar-refractivity contribution in [2.45, 2.75) is 18.2 Å². The lowest BCUT2D eigenvalue weighted by Crippen LogP contribution is -2.47. The average Bonchev–Trinajstić information content (AvgIpc) is 2.58. The number of alkyl halides is 3. The van der Waals surface area contributed by atoms with E-state index in [4.69, 9.17) is 0 Å². The van der Waals surface area contributed by atoms with Crippen LogP contribution in [0.25, 0.3) is 0 Å². The van der Waals surface area contributed by atoms with Crippen molar-refractivity contribution >= 4 is 10.0 Å². The molecule has 1 fully saturated rings. The molecule has 0 amide bonds. The van der Waals surface area contributed by atoms with Gasteiger partial charge in [-0.05, 0) is 6.42 Å². The molecule has 1 rings (SSSR count). The molecule has 0 aromatic rings. The number of likely N-dealkylation sites (tertiary alicyclic amines) is 1. The van der Waals surface area contributed by atoms with E-state index < -0.39 is 34.8 Å². The second-order valence-electron chi connectivity index (χ2n) is 4.65. The summed E-state index contributed by atoms with van der Waals surface area (Å²) < 4.78 is 61.5. The number of nitrogens with zero attached hydrogens (tertiary/aromatic N) is 2. The fraction of sp³-hybridized carbons (Fsp3) is 1.00. The van der Waals surface area contributed by atoms with Crippen molar-refractivity contribution in [3.63, 3.8) is 0 Å². The van der Waals surface area contributed by atoms with Crippen LogP contribution in [0.3, 0.4) is 0 Å². The highest BCUT2D eigenvalue weighted by Gasteiger charge is 2.56. The zero-order chi connectivity index (χ0) is 14.2. The Labute approximate surface area is 104 Å². The van der Waals surface area contributed by atoms with E-state index in [0.29, 0.717) is 0 Å². The number of sulfonamides is 1. The van der Waals surface area contributed by atoms with Gasteiger partial charge >= 0.3 is 6.18 Å². The topological polar surface area (TPSA) is 60.9 Å². The van der Waals surface area contributed by atoms with Crippen molar-refractivity contribution in [2.24, 2.45) is 0 Å². The molecule has 0 bridgehead atoms. The van der Waals surface area contributed by atoms with E-state index in [1.165, 1.54) is 19.0 Å². The van der Waals surface area contributed by atoms with Crippen LogP contribution in [-0.4, -0.2) is 74.0 Å². The summed E-state index contributed by atoms with van der Waals surface area (Å²) in [4.78, 5) is 1.31. The second kappa shape index (κ2) is 4.95. The van der Waals surface area contributed by atoms with Gasteiger partial charge in [-0.3, -0.25) is 4.90 Å². The van der Waals surface area contributed by atoms with Crippen LogP contribution in [0.15, 0.2) is 0 Å². The first-order valence-corrected chi connectivity index (χ1v) is 7.00. The summed E-state index contributed by atoms with van der Waals surface area (Å²) >= 11 is 0. The molecule has 0 saturated carbocycles. The normalized spacial score (nSPS) is 27.1. The molecule has 1 aliphatic rings. The maximum absolute atomic E-state index is 12.5. The Morgan fingerprint density at radius 2 is 1.94 bits per heavy atom. The molecule has 1 saturated heterocycles. The van der Waals surface area contributed by atoms with E-state index in [1.807, 2.05) is 0 Å². The van der Waals surface area contributed by atoms with E-state index in [0.717, 1.165) is 4.31 Å². The Hall–Kier alpha value is -0.380. The average molecular weight is 290 g/mol. The van der Waals surface area contributed by atoms with Crippen molar-refractivity contribution in [1.82, 2.24) is 9.21 Å². The molecule has 5 nitrogen and oxygen atoms in total. The molecule has 0 aromatic heterocycles. The molecule has 1 N–H and O–H groups in total. The monoisotopic (exact) mass is 290 g/mol. The van der Waals surface area contributed by atoms with Crippen LogP contribution in [0.2, 0.25) is 0 Å². The Morgan fingerprint density at radius 1 is 1.39 bits per heavy atom. The first-order chi connectivity index (χ1) is 7.98. The SMILES string of the molecule is CN(C)S(=O)(=O)CCN1CCC(O)(C(F)(F)F)C1. The van der Waals surface area contributed by atoms with Gasteiger partial charge in [0.1, 0.15) is 0 Å². The highest BCUT2D eigenvalue weighted by atomic mass is 32.2. The zero-order valence-electron chi connectivity index (χ0n) is 10.2. The molecule has 1 atom stereocenters. The summed E-state index contributed by atoms with van der Waals surface area (Å²) in [7, 11) is -0.697. The van der Waals surface area contributed by atoms with Crippen molar-refractivity contribution in [3.8, 4) is 0 Å². The van der Waals surface area contributed by atoms with Gasteiger partial charge in [0.15, 0.2) is 5.60 Å². The molecule has 1 heterocycles. The van der Waals surface area contributed by atoms with Gasteiger partial charge in [-0.1, -0.05) is 0 Å². The first kappa shape index (κ1) is 15.7. The van der Waals surface area contributed by atoms with Gasteiger partial charge in [0, 0.05) is 33.7 Å². The molecule has 1 unspecified atom stereocenters. The van der Waals surface area contributed by atoms with E-state index in [1.54, 1.807) is 0 Å². The van der Waals surface area contributed by atoms with Crippen LogP contribution in [-0.2, 0) is 10.0 Å². The fourth-order valence-electron chi connectivity index (χ4n) is 1.72. The van der Waals surface area contributed by atoms with Crippen molar-refractivity contribution in [3.05, 3.63) is 0 Å². The lowest BCUT2D eigenvalue weighted by Gasteiger charge is -2.26. The highest BCUT2D eigenvalue weighted by molar-refractivity contribution is 7.89. The maximum Gasteiger partial charge on any atom is 0.418 e. The molecule has 0 aromatic carbocycles. The van der Waals surface area contributed by atoms with Crippen molar-refractivity contribution in [1.29, 1.82) is 0 Å². The molecule has 0 aliphatic carbocycles. The molecule has 0 spiro atoms. The zero-order valence-corrected chi connectivity index (χ0v) is 11.1. The van der Waals surface area contributed by atoms with E-state index in [-0.39, 0.29) is 18.8 Å². The van der Waals surface area contributed by atoms with E-state index >= 15 is 0 Å². The molecule has 9 heteroatoms. The summed E-state index contributed by atoms with van der Waals surface area (Å²) in [6, 6.07) is 0. The molecule has 108 valence electrons. The Bertz CT molecular complexity index is 396. The van der Waals surface area contributed by atoms with Gasteiger partial charge in [-0.25, -0.2) is 12.7 Å². The number of hydrogen-bond acceptors (Lipinski definition) is 4. The molecular formula is C9H17F3N2O3S. The van der Waals surface area contributed by atoms with Gasteiger partial charge in [0.2, 0.25) is 10.0 Å². The molecule has 18 heavy (non-hydrogen) atoms. The summed E-state index contributed by atoms with van der Waals surface area (Å²) in [6.07, 6.45) is -5.10. The van der Waals surface area contributed by atoms with Gasteiger partial charge < -0.3 is 5.11 Å². The lowest BCUT2D eigenvalue weighted by atomic mass is 10.0. The van der Waals surface area contributed by atoms with Gasteiger partial charge in [0.05, 0.1) is 5.75 Å². The predicted octanol–water partition coefficient (Wildman–Crippen LogP) is -0.123. The fourth-order valence-corrected chi connectivity index (χ4v) is 2.57. The van der Waals surface area contributed by atoms with Crippen LogP contribution >= 0.6 is 0 Å². The molecular weight excluding hydrogens is 273 g/mol. The number of β-amino-alcohol motifs (C(OH)–C–C–N with tert-alkyl or cyclic N) is 1. The van der Waals surface area contributed by atoms with Crippen molar-refractivity contribution in [2.75, 3.05) is 39.5 Å². The quantitative estimate of drug-likeness (QED) is 0.784. The first-order valence-electron chi connectivity index (χ1n) is 5.40. The summed E-state index contributed by atoms with van der Waals surface area (Å²) in [6.45, 7) is -0.544. The lowest BCUT2D eigenvalue weighted by molar-refractivity contribution is -0.253. The van der Waals surface area contributed by atoms with Crippen LogP contribution in [0, 0.1) is 0 Å². The van der Waals surface area contributed by atoms with Gasteiger partial charge in [-0.2, -0.15) is 13.2 Å². The Morgan fingerprint density at radius 3 is 2.33 bits per heavy atom. The summed E-state index contributed by atoms with van der Waals surface area (Å²) in [5.41, 5.74) is -2.71. The van der Waals surface area contributed by atoms with Crippen molar-refractivity contribution < 1.29 is 26.7 Å². The Kier molecular flexibility index (Phi) is 4.31. The summed E-state index contributed by atoms with van der Waals surface area (Å²) in [5.74, 6) is -0.256. The predicted molar refractivity (Wildman–Crippen MR) is 59.5 cm³/mol. The van der Waals surface area contributed by atoms with Gasteiger partial charge in [0.25, 0.3) is 0 Å². The van der Waals surface area contributed by atoms with E-state index in [9.17, 15) is 26.7 Å². The standard InChI is InChI=1S/C9H17F3N2O3S/c1-13(2)18(16,17)6-5-14-4-3-8(15,7-14)9(10,11)12/h15H,3-7H2,1-2H3. The smallest absolute Gasteiger partial charge is 0.379 e. The second-order valence-corrected chi connectivity index (χ2v) is 6.96. The minimum Gasteiger partial charge on any atom is -0.379 e. The van der Waals surface area contributed by atoms with Crippen LogP contribution in [0.5, 0.6) is 0 Å². The third-order valence-electron chi connectivity index (χ3n) is 3.08.